The first-order valence-corrected chi connectivity index (χ1v) is 25.9. The van der Waals surface area contributed by atoms with Gasteiger partial charge in [-0.2, -0.15) is 0 Å². The molecule has 2 saturated heterocycles. The summed E-state index contributed by atoms with van der Waals surface area (Å²) in [6.45, 7) is 8.48. The molecule has 3 aromatic carbocycles. The zero-order chi connectivity index (χ0) is 55.6. The molecule has 3 aromatic rings. The van der Waals surface area contributed by atoms with Gasteiger partial charge in [-0.25, -0.2) is 4.79 Å². The monoisotopic (exact) mass is 1050 g/mol. The van der Waals surface area contributed by atoms with Gasteiger partial charge in [-0.05, 0) is 74.0 Å². The number of carboxylic acids is 2. The van der Waals surface area contributed by atoms with Crippen LogP contribution in [0, 0.1) is 11.8 Å². The van der Waals surface area contributed by atoms with Gasteiger partial charge in [-0.1, -0.05) is 119 Å². The number of carbonyl (C=O) groups is 10. The molecule has 0 aliphatic carbocycles. The van der Waals surface area contributed by atoms with Crippen molar-refractivity contribution < 1.29 is 58.2 Å². The topological polar surface area (TPSA) is 316 Å². The van der Waals surface area contributed by atoms with Crippen molar-refractivity contribution in [2.75, 3.05) is 13.1 Å². The van der Waals surface area contributed by atoms with Crippen molar-refractivity contribution in [1.29, 1.82) is 0 Å². The molecule has 0 aromatic heterocycles. The Morgan fingerprint density at radius 2 is 0.934 bits per heavy atom. The highest BCUT2D eigenvalue weighted by Crippen LogP contribution is 2.23. The second-order valence-electron chi connectivity index (χ2n) is 20.2. The Morgan fingerprint density at radius 3 is 1.39 bits per heavy atom. The summed E-state index contributed by atoms with van der Waals surface area (Å²) in [7, 11) is 0. The molecule has 2 heterocycles. The highest BCUT2D eigenvalue weighted by Gasteiger charge is 2.43. The molecule has 21 nitrogen and oxygen atoms in total. The van der Waals surface area contributed by atoms with Crippen LogP contribution >= 0.6 is 0 Å². The van der Waals surface area contributed by atoms with Crippen molar-refractivity contribution >= 4 is 59.2 Å². The summed E-state index contributed by atoms with van der Waals surface area (Å²) in [5.41, 5.74) is 8.36. The minimum Gasteiger partial charge on any atom is -0.481 e. The van der Waals surface area contributed by atoms with E-state index in [1.54, 1.807) is 88.4 Å². The third-order valence-electron chi connectivity index (χ3n) is 13.6. The van der Waals surface area contributed by atoms with Gasteiger partial charge in [0.2, 0.25) is 47.3 Å². The molecular formula is C55H73N9O12. The lowest BCUT2D eigenvalue weighted by Crippen LogP contribution is -2.60. The molecule has 76 heavy (non-hydrogen) atoms. The maximum absolute atomic E-state index is 14.7. The van der Waals surface area contributed by atoms with Crippen molar-refractivity contribution in [3.8, 4) is 0 Å². The van der Waals surface area contributed by atoms with E-state index in [0.29, 0.717) is 24.0 Å². The number of hydrogen-bond acceptors (Lipinski definition) is 11. The van der Waals surface area contributed by atoms with E-state index in [-0.39, 0.29) is 51.1 Å². The quantitative estimate of drug-likeness (QED) is 0.0547. The standard InChI is InChI=1S/C55H73N9O12/c1-32(2)45(61-47(67)38(56)29-35-17-9-6-10-18-35)51(71)57-34(5)53(73)63-27-15-23-42(63)50(70)59-40(30-36-19-11-7-12-20-36)54(74)64-28-16-24-43(64)49(69)58-39(25-26-44(65)66)48(68)62-46(33(3)4)52(72)60-41(55(75)76)31-37-21-13-8-14-22-37/h6-14,17-22,32-34,38-43,45-46H,15-16,23-31,56H2,1-5H3,(H,57,71)(H,58,69)(H,59,70)(H,60,72)(H,61,67)(H,62,68)(H,65,66)(H,75,76)/t34-,38-,39-,40-,41-,42-,43-,45-,46-/m0/s1. The van der Waals surface area contributed by atoms with E-state index < -0.39 is 132 Å². The highest BCUT2D eigenvalue weighted by molar-refractivity contribution is 5.98. The average Bonchev–Trinajstić information content (AvgIpc) is 4.10. The van der Waals surface area contributed by atoms with E-state index in [1.165, 1.54) is 16.7 Å². The van der Waals surface area contributed by atoms with Crippen molar-refractivity contribution in [2.24, 2.45) is 17.6 Å². The number of aliphatic carboxylic acids is 2. The number of carboxylic acid groups (broad SMARTS) is 2. The number of nitrogens with two attached hydrogens (primary N) is 1. The summed E-state index contributed by atoms with van der Waals surface area (Å²) in [5.74, 6) is -8.99. The van der Waals surface area contributed by atoms with Crippen LogP contribution in [0.5, 0.6) is 0 Å². The predicted octanol–water partition coefficient (Wildman–Crippen LogP) is 1.21. The molecule has 5 rings (SSSR count). The van der Waals surface area contributed by atoms with Crippen LogP contribution in [0.25, 0.3) is 0 Å². The Labute approximate surface area is 442 Å². The van der Waals surface area contributed by atoms with Crippen LogP contribution < -0.4 is 37.6 Å². The number of amides is 8. The first-order valence-electron chi connectivity index (χ1n) is 25.9. The maximum atomic E-state index is 14.7. The molecule has 2 aliphatic rings. The van der Waals surface area contributed by atoms with Gasteiger partial charge in [-0.3, -0.25) is 43.2 Å². The van der Waals surface area contributed by atoms with Crippen molar-refractivity contribution in [3.63, 3.8) is 0 Å². The SMILES string of the molecule is CC(C)[C@H](NC(=O)[C@H](CCC(=O)O)NC(=O)[C@@H]1CCCN1C(=O)[C@H](Cc1ccccc1)NC(=O)[C@@H]1CCCN1C(=O)[C@H](C)NC(=O)[C@@H](NC(=O)[C@@H](N)Cc1ccccc1)C(C)C)C(=O)N[C@@H](Cc1ccccc1)C(=O)O. The van der Waals surface area contributed by atoms with E-state index in [4.69, 9.17) is 5.73 Å². The Hall–Kier alpha value is -7.68. The first-order chi connectivity index (χ1) is 36.1. The lowest BCUT2D eigenvalue weighted by Gasteiger charge is -2.32. The highest BCUT2D eigenvalue weighted by atomic mass is 16.4. The van der Waals surface area contributed by atoms with Gasteiger partial charge >= 0.3 is 11.9 Å². The number of nitrogens with zero attached hydrogens (tertiary/aromatic N) is 2. The van der Waals surface area contributed by atoms with Gasteiger partial charge in [0, 0.05) is 32.4 Å². The van der Waals surface area contributed by atoms with Crippen LogP contribution in [0.3, 0.4) is 0 Å². The minimum atomic E-state index is -1.49. The summed E-state index contributed by atoms with van der Waals surface area (Å²) in [6.07, 6.45) is 0.458. The largest absolute Gasteiger partial charge is 0.481 e. The average molecular weight is 1050 g/mol. The van der Waals surface area contributed by atoms with E-state index >= 15 is 0 Å². The summed E-state index contributed by atoms with van der Waals surface area (Å²) in [5, 5.41) is 35.4. The normalized spacial score (nSPS) is 18.0. The fourth-order valence-electron chi connectivity index (χ4n) is 9.40. The summed E-state index contributed by atoms with van der Waals surface area (Å²) in [4.78, 5) is 138. The predicted molar refractivity (Wildman–Crippen MR) is 279 cm³/mol. The molecule has 2 aliphatic heterocycles. The van der Waals surface area contributed by atoms with Crippen molar-refractivity contribution in [1.82, 2.24) is 41.7 Å². The lowest BCUT2D eigenvalue weighted by molar-refractivity contribution is -0.144. The van der Waals surface area contributed by atoms with Crippen LogP contribution in [0.1, 0.15) is 89.8 Å². The number of likely N-dealkylation sites (tertiary alicyclic amines) is 2. The number of nitrogens with one attached hydrogen (secondary N) is 6. The van der Waals surface area contributed by atoms with E-state index in [0.717, 1.165) is 5.56 Å². The molecule has 2 fully saturated rings. The Balaban J connectivity index is 1.27. The second kappa shape index (κ2) is 28.3. The van der Waals surface area contributed by atoms with Crippen LogP contribution in [0.4, 0.5) is 0 Å². The fraction of sp³-hybridized carbons (Fsp3) is 0.491. The molecular weight excluding hydrogens is 979 g/mol. The van der Waals surface area contributed by atoms with E-state index in [9.17, 15) is 58.2 Å². The summed E-state index contributed by atoms with van der Waals surface area (Å²) >= 11 is 0. The van der Waals surface area contributed by atoms with Gasteiger partial charge in [0.1, 0.15) is 48.3 Å². The van der Waals surface area contributed by atoms with Crippen LogP contribution in [-0.4, -0.2) is 147 Å². The number of rotatable bonds is 26. The Bertz CT molecular complexity index is 2510. The molecule has 410 valence electrons. The molecule has 0 saturated carbocycles. The molecule has 0 bridgehead atoms. The summed E-state index contributed by atoms with van der Waals surface area (Å²) in [6, 6.07) is 16.0. The Kier molecular flexibility index (Phi) is 22.0. The van der Waals surface area contributed by atoms with Gasteiger partial charge in [0.25, 0.3) is 0 Å². The number of carbonyl (C=O) groups excluding carboxylic acids is 8. The van der Waals surface area contributed by atoms with Crippen LogP contribution in [0.2, 0.25) is 0 Å². The molecule has 21 heteroatoms. The zero-order valence-corrected chi connectivity index (χ0v) is 43.7. The van der Waals surface area contributed by atoms with E-state index in [1.807, 2.05) is 30.3 Å². The zero-order valence-electron chi connectivity index (χ0n) is 43.7. The molecule has 0 spiro atoms. The summed E-state index contributed by atoms with van der Waals surface area (Å²) < 4.78 is 0. The second-order valence-corrected chi connectivity index (χ2v) is 20.2. The van der Waals surface area contributed by atoms with Crippen LogP contribution in [0.15, 0.2) is 91.0 Å². The van der Waals surface area contributed by atoms with Gasteiger partial charge < -0.3 is 57.6 Å². The number of hydrogen-bond donors (Lipinski definition) is 9. The van der Waals surface area contributed by atoms with Crippen molar-refractivity contribution in [2.45, 2.75) is 147 Å². The van der Waals surface area contributed by atoms with E-state index in [2.05, 4.69) is 31.9 Å². The van der Waals surface area contributed by atoms with Crippen molar-refractivity contribution in [3.05, 3.63) is 108 Å². The van der Waals surface area contributed by atoms with Crippen LogP contribution in [-0.2, 0) is 67.2 Å². The molecule has 8 amide bonds. The van der Waals surface area contributed by atoms with Gasteiger partial charge in [-0.15, -0.1) is 0 Å². The third kappa shape index (κ3) is 16.9. The minimum absolute atomic E-state index is 0.00290. The number of benzene rings is 3. The molecule has 0 unspecified atom stereocenters. The first kappa shape index (κ1) is 59.2. The van der Waals surface area contributed by atoms with Gasteiger partial charge in [0.05, 0.1) is 6.04 Å². The van der Waals surface area contributed by atoms with Gasteiger partial charge in [0.15, 0.2) is 0 Å². The third-order valence-corrected chi connectivity index (χ3v) is 13.6. The fourth-order valence-corrected chi connectivity index (χ4v) is 9.40. The molecule has 10 N–H and O–H groups in total. The smallest absolute Gasteiger partial charge is 0.326 e. The Morgan fingerprint density at radius 1 is 0.513 bits per heavy atom. The maximum Gasteiger partial charge on any atom is 0.326 e. The molecule has 9 atom stereocenters. The molecule has 0 radical (unpaired) electrons. The lowest BCUT2D eigenvalue weighted by atomic mass is 10.00.